The molecule has 2 aliphatic carbocycles. The summed E-state index contributed by atoms with van der Waals surface area (Å²) in [4.78, 5) is 28.1. The first-order valence-corrected chi connectivity index (χ1v) is 10.9. The fourth-order valence-corrected chi connectivity index (χ4v) is 5.17. The molecule has 0 spiro atoms. The van der Waals surface area contributed by atoms with Gasteiger partial charge in [-0.2, -0.15) is 0 Å². The van der Waals surface area contributed by atoms with E-state index in [0.717, 1.165) is 57.1 Å². The van der Waals surface area contributed by atoms with E-state index in [-0.39, 0.29) is 23.5 Å². The van der Waals surface area contributed by atoms with E-state index in [1.165, 1.54) is 31.4 Å². The van der Waals surface area contributed by atoms with Gasteiger partial charge in [0.05, 0.1) is 11.3 Å². The normalized spacial score (nSPS) is 25.0. The maximum atomic E-state index is 13.4. The fourth-order valence-electron chi connectivity index (χ4n) is 5.17. The summed E-state index contributed by atoms with van der Waals surface area (Å²) in [5, 5.41) is 3.23. The number of hydrogen-bond acceptors (Lipinski definition) is 2. The number of amides is 2. The molecule has 1 atom stereocenters. The lowest BCUT2D eigenvalue weighted by Crippen LogP contribution is -2.55. The number of nitrogens with zero attached hydrogens (tertiary/aromatic N) is 1. The predicted octanol–water partition coefficient (Wildman–Crippen LogP) is 3.93. The predicted molar refractivity (Wildman–Crippen MR) is 106 cm³/mol. The molecule has 4 rings (SSSR count). The van der Waals surface area contributed by atoms with Gasteiger partial charge in [0.2, 0.25) is 11.8 Å². The van der Waals surface area contributed by atoms with E-state index in [1.54, 1.807) is 12.1 Å². The van der Waals surface area contributed by atoms with Crippen molar-refractivity contribution in [2.45, 2.75) is 75.7 Å². The van der Waals surface area contributed by atoms with Crippen molar-refractivity contribution in [3.63, 3.8) is 0 Å². The molecule has 2 amide bonds. The van der Waals surface area contributed by atoms with Crippen molar-refractivity contribution in [2.75, 3.05) is 13.1 Å². The Labute approximate surface area is 166 Å². The Morgan fingerprint density at radius 2 is 1.68 bits per heavy atom. The van der Waals surface area contributed by atoms with Crippen LogP contribution in [0.15, 0.2) is 24.3 Å². The van der Waals surface area contributed by atoms with Gasteiger partial charge in [0.1, 0.15) is 5.82 Å². The molecule has 1 aromatic carbocycles. The van der Waals surface area contributed by atoms with Crippen molar-refractivity contribution in [3.8, 4) is 0 Å². The van der Waals surface area contributed by atoms with E-state index < -0.39 is 5.41 Å². The minimum Gasteiger partial charge on any atom is -0.353 e. The van der Waals surface area contributed by atoms with Gasteiger partial charge in [0.25, 0.3) is 0 Å². The number of carbonyl (C=O) groups excluding carboxylic acids is 2. The monoisotopic (exact) mass is 386 g/mol. The molecule has 152 valence electrons. The zero-order valence-corrected chi connectivity index (χ0v) is 16.6. The third-order valence-corrected chi connectivity index (χ3v) is 7.04. The number of piperidine rings is 1. The van der Waals surface area contributed by atoms with Crippen LogP contribution in [0.5, 0.6) is 0 Å². The zero-order valence-electron chi connectivity index (χ0n) is 16.6. The first-order valence-electron chi connectivity index (χ1n) is 10.9. The summed E-state index contributed by atoms with van der Waals surface area (Å²) in [5.41, 5.74) is 0.397. The number of rotatable bonds is 4. The molecule has 1 heterocycles. The van der Waals surface area contributed by atoms with E-state index in [9.17, 15) is 14.0 Å². The lowest BCUT2D eigenvalue weighted by Gasteiger charge is -2.45. The Balaban J connectivity index is 1.42. The highest BCUT2D eigenvalue weighted by atomic mass is 19.1. The molecule has 0 aromatic heterocycles. The topological polar surface area (TPSA) is 49.4 Å². The molecule has 5 heteroatoms. The maximum Gasteiger partial charge on any atom is 0.233 e. The van der Waals surface area contributed by atoms with Crippen molar-refractivity contribution in [1.82, 2.24) is 10.2 Å². The van der Waals surface area contributed by atoms with E-state index in [2.05, 4.69) is 5.32 Å². The number of likely N-dealkylation sites (tertiary alicyclic amines) is 1. The standard InChI is InChI=1S/C23H31FN2O2/c24-19-11-9-18(10-12-19)23(13-5-14-23)22(28)26-15-4-6-17(16-26)21(27)25-20-7-2-1-3-8-20/h9-12,17,20H,1-8,13-16H2,(H,25,27). The molecule has 1 saturated heterocycles. The average Bonchev–Trinajstić information content (AvgIpc) is 2.69. The van der Waals surface area contributed by atoms with Gasteiger partial charge in [0, 0.05) is 19.1 Å². The summed E-state index contributed by atoms with van der Waals surface area (Å²) >= 11 is 0. The number of carbonyl (C=O) groups is 2. The van der Waals surface area contributed by atoms with Crippen molar-refractivity contribution >= 4 is 11.8 Å². The van der Waals surface area contributed by atoms with Gasteiger partial charge in [-0.25, -0.2) is 4.39 Å². The summed E-state index contributed by atoms with van der Waals surface area (Å²) in [7, 11) is 0. The van der Waals surface area contributed by atoms with Gasteiger partial charge >= 0.3 is 0 Å². The summed E-state index contributed by atoms with van der Waals surface area (Å²) in [6, 6.07) is 6.70. The van der Waals surface area contributed by atoms with Gasteiger partial charge in [-0.15, -0.1) is 0 Å². The van der Waals surface area contributed by atoms with Crippen LogP contribution in [0.4, 0.5) is 4.39 Å². The van der Waals surface area contributed by atoms with Gasteiger partial charge in [0.15, 0.2) is 0 Å². The van der Waals surface area contributed by atoms with Gasteiger partial charge in [-0.3, -0.25) is 9.59 Å². The highest BCUT2D eigenvalue weighted by Gasteiger charge is 2.48. The van der Waals surface area contributed by atoms with Crippen LogP contribution in [-0.2, 0) is 15.0 Å². The second-order valence-corrected chi connectivity index (χ2v) is 8.88. The lowest BCUT2D eigenvalue weighted by molar-refractivity contribution is -0.144. The van der Waals surface area contributed by atoms with Gasteiger partial charge < -0.3 is 10.2 Å². The van der Waals surface area contributed by atoms with Crippen LogP contribution in [0.1, 0.15) is 69.8 Å². The molecule has 0 radical (unpaired) electrons. The van der Waals surface area contributed by atoms with Crippen LogP contribution in [-0.4, -0.2) is 35.8 Å². The summed E-state index contributed by atoms with van der Waals surface area (Å²) < 4.78 is 13.3. The quantitative estimate of drug-likeness (QED) is 0.852. The minimum atomic E-state index is -0.518. The molecular formula is C23H31FN2O2. The minimum absolute atomic E-state index is 0.107. The van der Waals surface area contributed by atoms with Crippen LogP contribution < -0.4 is 5.32 Å². The van der Waals surface area contributed by atoms with E-state index in [0.29, 0.717) is 12.6 Å². The van der Waals surface area contributed by atoms with Crippen LogP contribution in [0.25, 0.3) is 0 Å². The number of nitrogens with one attached hydrogen (secondary N) is 1. The second-order valence-electron chi connectivity index (χ2n) is 8.88. The van der Waals surface area contributed by atoms with Gasteiger partial charge in [-0.1, -0.05) is 37.8 Å². The number of hydrogen-bond donors (Lipinski definition) is 1. The Kier molecular flexibility index (Phi) is 5.70. The zero-order chi connectivity index (χ0) is 19.6. The molecule has 28 heavy (non-hydrogen) atoms. The molecule has 3 aliphatic rings. The maximum absolute atomic E-state index is 13.4. The van der Waals surface area contributed by atoms with Crippen molar-refractivity contribution in [2.24, 2.45) is 5.92 Å². The molecule has 1 aliphatic heterocycles. The van der Waals surface area contributed by atoms with Gasteiger partial charge in [-0.05, 0) is 56.2 Å². The third-order valence-electron chi connectivity index (χ3n) is 7.04. The number of benzene rings is 1. The van der Waals surface area contributed by atoms with Crippen molar-refractivity contribution in [1.29, 1.82) is 0 Å². The summed E-state index contributed by atoms with van der Waals surface area (Å²) in [5.74, 6) is -0.137. The highest BCUT2D eigenvalue weighted by molar-refractivity contribution is 5.90. The lowest BCUT2D eigenvalue weighted by atomic mass is 9.63. The summed E-state index contributed by atoms with van der Waals surface area (Å²) in [6.07, 6.45) is 10.2. The fraction of sp³-hybridized carbons (Fsp3) is 0.652. The Hall–Kier alpha value is -1.91. The SMILES string of the molecule is O=C(NC1CCCCC1)C1CCCN(C(=O)C2(c3ccc(F)cc3)CCC2)C1. The molecule has 3 fully saturated rings. The summed E-state index contributed by atoms with van der Waals surface area (Å²) in [6.45, 7) is 1.23. The van der Waals surface area contributed by atoms with Crippen LogP contribution in [0, 0.1) is 11.7 Å². The first kappa shape index (κ1) is 19.4. The van der Waals surface area contributed by atoms with Crippen molar-refractivity contribution in [3.05, 3.63) is 35.6 Å². The Bertz CT molecular complexity index is 708. The Morgan fingerprint density at radius 1 is 0.964 bits per heavy atom. The van der Waals surface area contributed by atoms with E-state index >= 15 is 0 Å². The average molecular weight is 387 g/mol. The highest BCUT2D eigenvalue weighted by Crippen LogP contribution is 2.45. The second kappa shape index (κ2) is 8.22. The largest absolute Gasteiger partial charge is 0.353 e. The molecular weight excluding hydrogens is 355 g/mol. The van der Waals surface area contributed by atoms with Crippen LogP contribution in [0.3, 0.4) is 0 Å². The van der Waals surface area contributed by atoms with Crippen LogP contribution in [0.2, 0.25) is 0 Å². The molecule has 1 unspecified atom stereocenters. The van der Waals surface area contributed by atoms with Crippen molar-refractivity contribution < 1.29 is 14.0 Å². The smallest absolute Gasteiger partial charge is 0.233 e. The molecule has 4 nitrogen and oxygen atoms in total. The molecule has 1 N–H and O–H groups in total. The van der Waals surface area contributed by atoms with Crippen LogP contribution >= 0.6 is 0 Å². The number of halogens is 1. The molecule has 2 saturated carbocycles. The first-order chi connectivity index (χ1) is 13.6. The molecule has 1 aromatic rings. The third kappa shape index (κ3) is 3.81. The van der Waals surface area contributed by atoms with E-state index in [1.807, 2.05) is 4.90 Å². The molecule has 0 bridgehead atoms. The van der Waals surface area contributed by atoms with E-state index in [4.69, 9.17) is 0 Å². The Morgan fingerprint density at radius 3 is 2.32 bits per heavy atom.